The summed E-state index contributed by atoms with van der Waals surface area (Å²) in [4.78, 5) is 6.25. The van der Waals surface area contributed by atoms with Crippen LogP contribution in [0.15, 0.2) is 0 Å². The summed E-state index contributed by atoms with van der Waals surface area (Å²) in [7, 11) is -1.00. The second-order valence-electron chi connectivity index (χ2n) is 0.728. The van der Waals surface area contributed by atoms with Crippen LogP contribution in [0.3, 0.4) is 0 Å². The Labute approximate surface area is 77.8 Å². The summed E-state index contributed by atoms with van der Waals surface area (Å²) in [5, 5.41) is 24.9. The monoisotopic (exact) mass is 398 g/mol. The van der Waals surface area contributed by atoms with Crippen LogP contribution in [0.5, 0.6) is 0 Å². The van der Waals surface area contributed by atoms with E-state index in [2.05, 4.69) is 14.9 Å². The van der Waals surface area contributed by atoms with Crippen molar-refractivity contribution in [3.05, 3.63) is 0 Å². The van der Waals surface area contributed by atoms with Gasteiger partial charge >= 0.3 is 78.5 Å². The number of nitrogens with zero attached hydrogens (tertiary/aromatic N) is 3. The average molecular weight is 394 g/mol. The van der Waals surface area contributed by atoms with Gasteiger partial charge in [-0.05, 0) is 0 Å². The first-order valence-electron chi connectivity index (χ1n) is 1.78. The summed E-state index contributed by atoms with van der Waals surface area (Å²) in [6.45, 7) is 0. The number of rotatable bonds is 3. The number of nitriles is 3. The van der Waals surface area contributed by atoms with Crippen LogP contribution in [0, 0.1) is 30.7 Å². The maximum absolute atomic E-state index is 8.30. The Morgan fingerprint density at radius 2 is 1.10 bits per heavy atom. The van der Waals surface area contributed by atoms with E-state index in [9.17, 15) is 0 Å². The molecule has 51 valence electrons. The summed E-state index contributed by atoms with van der Waals surface area (Å²) >= 11 is -0.0671. The van der Waals surface area contributed by atoms with E-state index >= 15 is 0 Å². The standard InChI is InChI=1S/C3N3Se4/c4-1-7-10(8-2-5)9-3-6. The van der Waals surface area contributed by atoms with Crippen LogP contribution in [0.1, 0.15) is 0 Å². The van der Waals surface area contributed by atoms with Gasteiger partial charge in [-0.1, -0.05) is 0 Å². The molecule has 0 aliphatic rings. The van der Waals surface area contributed by atoms with Crippen molar-refractivity contribution < 1.29 is 0 Å². The van der Waals surface area contributed by atoms with Crippen LogP contribution in [0.4, 0.5) is 0 Å². The van der Waals surface area contributed by atoms with Gasteiger partial charge < -0.3 is 0 Å². The second kappa shape index (κ2) is 7.65. The molecule has 0 rings (SSSR count). The molecular formula is C3N3Se4. The van der Waals surface area contributed by atoms with E-state index in [0.717, 1.165) is 0 Å². The van der Waals surface area contributed by atoms with Gasteiger partial charge in [-0.2, -0.15) is 0 Å². The minimum absolute atomic E-state index is 0.0224. The van der Waals surface area contributed by atoms with Gasteiger partial charge in [0, 0.05) is 0 Å². The fourth-order valence-electron chi connectivity index (χ4n) is 0.142. The second-order valence-corrected chi connectivity index (χ2v) is 36.8. The average Bonchev–Trinajstić information content (AvgIpc) is 1.90. The molecule has 0 saturated carbocycles. The topological polar surface area (TPSA) is 71.4 Å². The molecule has 0 aromatic carbocycles. The Balaban J connectivity index is 3.68. The zero-order valence-electron chi connectivity index (χ0n) is 4.47. The summed E-state index contributed by atoms with van der Waals surface area (Å²) in [6.07, 6.45) is 0. The molecule has 0 aromatic heterocycles. The molecule has 0 atom stereocenters. The van der Waals surface area contributed by atoms with Crippen molar-refractivity contribution in [1.82, 2.24) is 0 Å². The van der Waals surface area contributed by atoms with Gasteiger partial charge in [0.1, 0.15) is 0 Å². The molecule has 0 saturated heterocycles. The molecule has 1 radical (unpaired) electrons. The molecule has 0 aliphatic carbocycles. The first-order valence-corrected chi connectivity index (χ1v) is 17.4. The van der Waals surface area contributed by atoms with Gasteiger partial charge in [0.2, 0.25) is 0 Å². The Morgan fingerprint density at radius 1 is 0.800 bits per heavy atom. The van der Waals surface area contributed by atoms with Gasteiger partial charge in [0.15, 0.2) is 0 Å². The SMILES string of the molecule is N#C[Se][Se]([Se]C#N)[Se]C#N. The third-order valence-corrected chi connectivity index (χ3v) is 31.7. The first kappa shape index (κ1) is 10.5. The Kier molecular flexibility index (Phi) is 8.07. The third-order valence-electron chi connectivity index (χ3n) is 0.316. The minimum atomic E-state index is -1.00. The van der Waals surface area contributed by atoms with Crippen LogP contribution < -0.4 is 0 Å². The molecule has 0 amide bonds. The molecule has 0 fully saturated rings. The Hall–Kier alpha value is 0.548. The van der Waals surface area contributed by atoms with E-state index in [4.69, 9.17) is 15.8 Å². The molecule has 0 aromatic rings. The van der Waals surface area contributed by atoms with Crippen molar-refractivity contribution in [2.75, 3.05) is 0 Å². The van der Waals surface area contributed by atoms with Gasteiger partial charge in [0.05, 0.1) is 0 Å². The molecule has 3 nitrogen and oxygen atoms in total. The maximum atomic E-state index is 8.30. The summed E-state index contributed by atoms with van der Waals surface area (Å²) in [5.74, 6) is 0. The van der Waals surface area contributed by atoms with Gasteiger partial charge in [-0.15, -0.1) is 0 Å². The third kappa shape index (κ3) is 5.34. The van der Waals surface area contributed by atoms with Crippen LogP contribution in [-0.4, -0.2) is 47.8 Å². The summed E-state index contributed by atoms with van der Waals surface area (Å²) in [5.41, 5.74) is 0. The molecule has 0 aliphatic heterocycles. The van der Waals surface area contributed by atoms with E-state index in [1.165, 1.54) is 0 Å². The number of hydrogen-bond acceptors (Lipinski definition) is 3. The quantitative estimate of drug-likeness (QED) is 0.549. The van der Waals surface area contributed by atoms with Crippen molar-refractivity contribution in [2.45, 2.75) is 0 Å². The van der Waals surface area contributed by atoms with Crippen LogP contribution in [0.25, 0.3) is 0 Å². The van der Waals surface area contributed by atoms with Crippen molar-refractivity contribution >= 4 is 47.8 Å². The van der Waals surface area contributed by atoms with E-state index in [1.54, 1.807) is 0 Å². The van der Waals surface area contributed by atoms with Crippen molar-refractivity contribution in [3.63, 3.8) is 0 Å². The first-order chi connectivity index (χ1) is 4.85. The van der Waals surface area contributed by atoms with E-state index in [-0.39, 0.29) is 39.4 Å². The van der Waals surface area contributed by atoms with Crippen LogP contribution >= 0.6 is 0 Å². The number of hydrogen-bond donors (Lipinski definition) is 0. The fourth-order valence-corrected chi connectivity index (χ4v) is 20.0. The molecular weight excluding hydrogens is 394 g/mol. The molecule has 10 heavy (non-hydrogen) atoms. The van der Waals surface area contributed by atoms with Crippen LogP contribution in [0.2, 0.25) is 0 Å². The zero-order chi connectivity index (χ0) is 7.82. The van der Waals surface area contributed by atoms with Crippen molar-refractivity contribution in [1.29, 1.82) is 15.8 Å². The molecule has 0 spiro atoms. The van der Waals surface area contributed by atoms with E-state index < -0.39 is 8.42 Å². The van der Waals surface area contributed by atoms with Crippen LogP contribution in [-0.2, 0) is 0 Å². The normalized spacial score (nSPS) is 7.80. The summed E-state index contributed by atoms with van der Waals surface area (Å²) in [6, 6.07) is 0. The fraction of sp³-hybridized carbons (Fsp3) is 0. The Bertz CT molecular complexity index is 169. The zero-order valence-corrected chi connectivity index (χ0v) is 11.3. The molecule has 0 N–H and O–H groups in total. The summed E-state index contributed by atoms with van der Waals surface area (Å²) < 4.78 is 0. The van der Waals surface area contributed by atoms with Gasteiger partial charge in [0.25, 0.3) is 0 Å². The Morgan fingerprint density at radius 3 is 1.30 bits per heavy atom. The molecule has 0 bridgehead atoms. The van der Waals surface area contributed by atoms with Gasteiger partial charge in [-0.3, -0.25) is 0 Å². The van der Waals surface area contributed by atoms with Crippen molar-refractivity contribution in [3.8, 4) is 14.9 Å². The van der Waals surface area contributed by atoms with Gasteiger partial charge in [-0.25, -0.2) is 0 Å². The van der Waals surface area contributed by atoms with E-state index in [0.29, 0.717) is 0 Å². The molecule has 7 heteroatoms. The van der Waals surface area contributed by atoms with E-state index in [1.807, 2.05) is 0 Å². The predicted octanol–water partition coefficient (Wildman–Crippen LogP) is -1.47. The molecule has 0 heterocycles. The predicted molar refractivity (Wildman–Crippen MR) is 39.9 cm³/mol. The van der Waals surface area contributed by atoms with Crippen molar-refractivity contribution in [2.24, 2.45) is 0 Å². The molecule has 0 unspecified atom stereocenters.